The van der Waals surface area contributed by atoms with E-state index in [2.05, 4.69) is 20.6 Å². The standard InChI is InChI=1S/C23H26ClF2N7O2/c24-16-7-12(25)8-17(26)19(16)31-23-30-18-10-28-22(29-13-3-6-15(34)9-13)32-21(18)33(23)14-4-1-11(2-5-14)20(27)35/h7-8,10-11,13-15,34H,1-6,9H2,(H2,27,35)(H,30,31)(H,28,29,32)/t11-,13-,14+,15?/m1/s1. The molecule has 1 amide bonds. The molecule has 0 bridgehead atoms. The predicted molar refractivity (Wildman–Crippen MR) is 127 cm³/mol. The van der Waals surface area contributed by atoms with E-state index < -0.39 is 11.6 Å². The van der Waals surface area contributed by atoms with Gasteiger partial charge in [-0.25, -0.2) is 18.7 Å². The van der Waals surface area contributed by atoms with Crippen LogP contribution in [0.25, 0.3) is 11.2 Å². The first-order chi connectivity index (χ1) is 16.8. The van der Waals surface area contributed by atoms with Gasteiger partial charge in [-0.3, -0.25) is 9.36 Å². The highest BCUT2D eigenvalue weighted by Crippen LogP contribution is 2.38. The van der Waals surface area contributed by atoms with Crippen molar-refractivity contribution in [3.63, 3.8) is 0 Å². The van der Waals surface area contributed by atoms with E-state index in [1.165, 1.54) is 0 Å². The van der Waals surface area contributed by atoms with E-state index in [0.29, 0.717) is 49.2 Å². The molecule has 0 radical (unpaired) electrons. The average Bonchev–Trinajstić information content (AvgIpc) is 3.38. The predicted octanol–water partition coefficient (Wildman–Crippen LogP) is 4.04. The van der Waals surface area contributed by atoms with Crippen LogP contribution in [0.3, 0.4) is 0 Å². The summed E-state index contributed by atoms with van der Waals surface area (Å²) in [4.78, 5) is 25.3. The molecular weight excluding hydrogens is 480 g/mol. The summed E-state index contributed by atoms with van der Waals surface area (Å²) in [6.45, 7) is 0. The summed E-state index contributed by atoms with van der Waals surface area (Å²) >= 11 is 6.12. The minimum atomic E-state index is -0.848. The molecule has 2 aliphatic rings. The quantitative estimate of drug-likeness (QED) is 0.397. The number of amides is 1. The van der Waals surface area contributed by atoms with Crippen molar-refractivity contribution in [2.24, 2.45) is 11.7 Å². The van der Waals surface area contributed by atoms with Gasteiger partial charge in [-0.05, 0) is 51.0 Å². The van der Waals surface area contributed by atoms with Crippen LogP contribution in [0.1, 0.15) is 51.0 Å². The molecule has 12 heteroatoms. The molecule has 2 aromatic heterocycles. The number of halogens is 3. The molecule has 186 valence electrons. The number of hydrogen-bond donors (Lipinski definition) is 4. The minimum Gasteiger partial charge on any atom is -0.393 e. The Kier molecular flexibility index (Phi) is 6.45. The highest BCUT2D eigenvalue weighted by atomic mass is 35.5. The third kappa shape index (κ3) is 4.87. The maximum atomic E-state index is 14.6. The monoisotopic (exact) mass is 505 g/mol. The second-order valence-electron chi connectivity index (χ2n) is 9.29. The molecule has 3 aromatic rings. The number of aliphatic hydroxyl groups is 1. The van der Waals surface area contributed by atoms with Crippen molar-refractivity contribution in [2.45, 2.75) is 63.1 Å². The number of fused-ring (bicyclic) bond motifs is 1. The van der Waals surface area contributed by atoms with Gasteiger partial charge in [-0.15, -0.1) is 0 Å². The van der Waals surface area contributed by atoms with Gasteiger partial charge in [0.1, 0.15) is 11.3 Å². The third-order valence-corrected chi connectivity index (χ3v) is 7.18. The van der Waals surface area contributed by atoms with E-state index >= 15 is 0 Å². The molecule has 2 atom stereocenters. The summed E-state index contributed by atoms with van der Waals surface area (Å²) in [5.41, 5.74) is 6.43. The van der Waals surface area contributed by atoms with Crippen LogP contribution in [0.4, 0.5) is 26.4 Å². The SMILES string of the molecule is NC(=O)[C@H]1CC[C@@H](n2c(Nc3c(F)cc(F)cc3Cl)nc3cnc(N[C@@H]4CCC(O)C4)nc32)CC1. The Morgan fingerprint density at radius 3 is 2.57 bits per heavy atom. The van der Waals surface area contributed by atoms with Crippen molar-refractivity contribution < 1.29 is 18.7 Å². The fraction of sp³-hybridized carbons (Fsp3) is 0.478. The van der Waals surface area contributed by atoms with Crippen molar-refractivity contribution in [3.8, 4) is 0 Å². The number of nitrogens with zero attached hydrogens (tertiary/aromatic N) is 4. The minimum absolute atomic E-state index is 0.0644. The topological polar surface area (TPSA) is 131 Å². The van der Waals surface area contributed by atoms with Crippen LogP contribution < -0.4 is 16.4 Å². The van der Waals surface area contributed by atoms with Crippen molar-refractivity contribution >= 4 is 46.3 Å². The summed E-state index contributed by atoms with van der Waals surface area (Å²) in [5, 5.41) is 15.9. The van der Waals surface area contributed by atoms with Crippen LogP contribution in [0.5, 0.6) is 0 Å². The van der Waals surface area contributed by atoms with Gasteiger partial charge in [0.2, 0.25) is 17.8 Å². The van der Waals surface area contributed by atoms with Crippen LogP contribution in [0.15, 0.2) is 18.3 Å². The number of nitrogens with one attached hydrogen (secondary N) is 2. The molecule has 0 saturated heterocycles. The van der Waals surface area contributed by atoms with Crippen LogP contribution in [-0.4, -0.2) is 42.7 Å². The molecule has 2 heterocycles. The molecule has 5 rings (SSSR count). The first-order valence-electron chi connectivity index (χ1n) is 11.7. The van der Waals surface area contributed by atoms with E-state index in [9.17, 15) is 18.7 Å². The first-order valence-corrected chi connectivity index (χ1v) is 12.1. The van der Waals surface area contributed by atoms with Crippen molar-refractivity contribution in [1.82, 2.24) is 19.5 Å². The van der Waals surface area contributed by atoms with Gasteiger partial charge in [0, 0.05) is 24.1 Å². The molecule has 0 spiro atoms. The largest absolute Gasteiger partial charge is 0.393 e. The highest BCUT2D eigenvalue weighted by Gasteiger charge is 2.30. The molecule has 2 saturated carbocycles. The van der Waals surface area contributed by atoms with Gasteiger partial charge in [-0.1, -0.05) is 11.6 Å². The number of benzene rings is 1. The molecule has 1 aromatic carbocycles. The Morgan fingerprint density at radius 2 is 1.91 bits per heavy atom. The zero-order valence-electron chi connectivity index (χ0n) is 18.8. The molecule has 35 heavy (non-hydrogen) atoms. The number of hydrogen-bond acceptors (Lipinski definition) is 7. The van der Waals surface area contributed by atoms with Gasteiger partial charge >= 0.3 is 0 Å². The fourth-order valence-corrected chi connectivity index (χ4v) is 5.30. The molecule has 5 N–H and O–H groups in total. The molecule has 1 unspecified atom stereocenters. The van der Waals surface area contributed by atoms with Gasteiger partial charge in [0.25, 0.3) is 0 Å². The van der Waals surface area contributed by atoms with E-state index in [0.717, 1.165) is 25.0 Å². The second kappa shape index (κ2) is 9.54. The summed E-state index contributed by atoms with van der Waals surface area (Å²) in [6.07, 6.45) is 5.91. The maximum Gasteiger partial charge on any atom is 0.224 e. The first kappa shape index (κ1) is 23.7. The lowest BCUT2D eigenvalue weighted by molar-refractivity contribution is -0.122. The number of carbonyl (C=O) groups excluding carboxylic acids is 1. The van der Waals surface area contributed by atoms with Crippen LogP contribution in [-0.2, 0) is 4.79 Å². The fourth-order valence-electron chi connectivity index (χ4n) is 5.06. The summed E-state index contributed by atoms with van der Waals surface area (Å²) in [6, 6.07) is 1.75. The number of aromatic nitrogens is 4. The highest BCUT2D eigenvalue weighted by molar-refractivity contribution is 6.33. The summed E-state index contributed by atoms with van der Waals surface area (Å²) in [7, 11) is 0. The van der Waals surface area contributed by atoms with E-state index in [-0.39, 0.29) is 46.7 Å². The zero-order valence-corrected chi connectivity index (χ0v) is 19.6. The lowest BCUT2D eigenvalue weighted by atomic mass is 9.85. The molecule has 9 nitrogen and oxygen atoms in total. The Morgan fingerprint density at radius 1 is 1.14 bits per heavy atom. The Balaban J connectivity index is 1.52. The van der Waals surface area contributed by atoms with E-state index in [4.69, 9.17) is 22.3 Å². The summed E-state index contributed by atoms with van der Waals surface area (Å²) in [5.74, 6) is -1.44. The van der Waals surface area contributed by atoms with Crippen molar-refractivity contribution in [2.75, 3.05) is 10.6 Å². The van der Waals surface area contributed by atoms with Crippen LogP contribution >= 0.6 is 11.6 Å². The molecule has 2 aliphatic carbocycles. The van der Waals surface area contributed by atoms with E-state index in [1.807, 2.05) is 4.57 Å². The number of primary amides is 1. The van der Waals surface area contributed by atoms with Gasteiger partial charge in [0.05, 0.1) is 23.0 Å². The normalized spacial score (nSPS) is 24.6. The van der Waals surface area contributed by atoms with E-state index in [1.54, 1.807) is 6.20 Å². The van der Waals surface area contributed by atoms with Crippen molar-refractivity contribution in [3.05, 3.63) is 35.0 Å². The average molecular weight is 506 g/mol. The Bertz CT molecular complexity index is 1240. The lowest BCUT2D eigenvalue weighted by Gasteiger charge is -2.29. The van der Waals surface area contributed by atoms with Gasteiger partial charge in [0.15, 0.2) is 11.5 Å². The number of aliphatic hydroxyl groups excluding tert-OH is 1. The number of carbonyl (C=O) groups is 1. The molecule has 0 aliphatic heterocycles. The van der Waals surface area contributed by atoms with Crippen LogP contribution in [0, 0.1) is 17.6 Å². The maximum absolute atomic E-state index is 14.6. The number of imidazole rings is 1. The number of nitrogens with two attached hydrogens (primary N) is 1. The number of anilines is 3. The van der Waals surface area contributed by atoms with Crippen molar-refractivity contribution in [1.29, 1.82) is 0 Å². The van der Waals surface area contributed by atoms with Gasteiger partial charge in [-0.2, -0.15) is 4.98 Å². The molecule has 2 fully saturated rings. The third-order valence-electron chi connectivity index (χ3n) is 6.88. The number of rotatable bonds is 6. The van der Waals surface area contributed by atoms with Crippen LogP contribution in [0.2, 0.25) is 5.02 Å². The lowest BCUT2D eigenvalue weighted by Crippen LogP contribution is -2.29. The Labute approximate surface area is 205 Å². The summed E-state index contributed by atoms with van der Waals surface area (Å²) < 4.78 is 30.0. The Hall–Kier alpha value is -3.05. The van der Waals surface area contributed by atoms with Gasteiger partial charge < -0.3 is 21.5 Å². The second-order valence-corrected chi connectivity index (χ2v) is 9.70. The zero-order chi connectivity index (χ0) is 24.7. The molecular formula is C23H26ClF2N7O2. The smallest absolute Gasteiger partial charge is 0.224 e.